The monoisotopic (exact) mass is 1030 g/mol. The molecule has 6 aliphatic heterocycles. The number of fused-ring (bicyclic) bond motifs is 5. The van der Waals surface area contributed by atoms with Crippen LogP contribution < -0.4 is 27.0 Å². The number of nitrogens with two attached hydrogens (primary N) is 1. The zero-order valence-electron chi connectivity index (χ0n) is 44.7. The molecule has 5 atom stereocenters. The zero-order chi connectivity index (χ0) is 53.6. The summed E-state index contributed by atoms with van der Waals surface area (Å²) in [6, 6.07) is -1.06. The number of amides is 2. The Kier molecular flexibility index (Phi) is 20.1. The normalized spacial score (nSPS) is 23.1. The van der Waals surface area contributed by atoms with Gasteiger partial charge in [0.15, 0.2) is 0 Å². The molecule has 8 bridgehead atoms. The lowest BCUT2D eigenvalue weighted by atomic mass is 9.86. The van der Waals surface area contributed by atoms with Gasteiger partial charge in [-0.2, -0.15) is 0 Å². The van der Waals surface area contributed by atoms with Crippen molar-refractivity contribution in [3.8, 4) is 0 Å². The van der Waals surface area contributed by atoms with Gasteiger partial charge in [-0.05, 0) is 132 Å². The summed E-state index contributed by atoms with van der Waals surface area (Å²) in [5.41, 5.74) is 18.1. The van der Waals surface area contributed by atoms with E-state index in [4.69, 9.17) is 44.4 Å². The Morgan fingerprint density at radius 2 is 1.64 bits per heavy atom. The highest BCUT2D eigenvalue weighted by molar-refractivity contribution is 6.21. The van der Waals surface area contributed by atoms with Crippen molar-refractivity contribution in [1.82, 2.24) is 21.3 Å². The maximum atomic E-state index is 13.7. The summed E-state index contributed by atoms with van der Waals surface area (Å²) in [6.07, 6.45) is 15.6. The number of carbonyl (C=O) groups excluding carboxylic acids is 2. The van der Waals surface area contributed by atoms with E-state index in [0.717, 1.165) is 97.5 Å². The van der Waals surface area contributed by atoms with Gasteiger partial charge < -0.3 is 60.9 Å². The van der Waals surface area contributed by atoms with E-state index in [2.05, 4.69) is 54.7 Å². The topological polar surface area (TPSA) is 249 Å². The van der Waals surface area contributed by atoms with Gasteiger partial charge in [0.1, 0.15) is 24.5 Å². The van der Waals surface area contributed by atoms with Crippen LogP contribution in [0.1, 0.15) is 99.3 Å². The van der Waals surface area contributed by atoms with Gasteiger partial charge in [0.25, 0.3) is 0 Å². The summed E-state index contributed by atoms with van der Waals surface area (Å²) in [5.74, 6) is -1.66. The molecule has 7 aliphatic rings. The number of aliphatic carboxylic acids is 1. The first kappa shape index (κ1) is 56.7. The molecule has 406 valence electrons. The van der Waals surface area contributed by atoms with E-state index in [-0.39, 0.29) is 61.6 Å². The van der Waals surface area contributed by atoms with Crippen molar-refractivity contribution in [2.75, 3.05) is 72.5 Å². The van der Waals surface area contributed by atoms with Crippen LogP contribution in [0.5, 0.6) is 0 Å². The minimum Gasteiger partial charge on any atom is -0.511 e. The Hall–Kier alpha value is -6.02. The van der Waals surface area contributed by atoms with E-state index in [1.807, 2.05) is 45.1 Å². The molecule has 6 heterocycles. The van der Waals surface area contributed by atoms with E-state index in [1.54, 1.807) is 6.26 Å². The molecule has 18 heteroatoms. The van der Waals surface area contributed by atoms with Crippen molar-refractivity contribution < 1.29 is 48.3 Å². The van der Waals surface area contributed by atoms with Crippen molar-refractivity contribution in [3.05, 3.63) is 116 Å². The second-order valence-corrected chi connectivity index (χ2v) is 20.1. The van der Waals surface area contributed by atoms with Gasteiger partial charge in [-0.3, -0.25) is 9.59 Å². The fourth-order valence-corrected chi connectivity index (χ4v) is 10.4. The van der Waals surface area contributed by atoms with E-state index < -0.39 is 17.6 Å². The van der Waals surface area contributed by atoms with Crippen LogP contribution >= 0.6 is 0 Å². The summed E-state index contributed by atoms with van der Waals surface area (Å²) in [7, 11) is 0. The fraction of sp³-hybridized carbons (Fsp3) is 0.544. The minimum atomic E-state index is -1.09. The third kappa shape index (κ3) is 13.9. The summed E-state index contributed by atoms with van der Waals surface area (Å²) in [5, 5.41) is 34.6. The first-order valence-corrected chi connectivity index (χ1v) is 26.7. The van der Waals surface area contributed by atoms with Crippen molar-refractivity contribution in [1.29, 1.82) is 0 Å². The third-order valence-corrected chi connectivity index (χ3v) is 14.9. The summed E-state index contributed by atoms with van der Waals surface area (Å²) < 4.78 is 27.9. The number of aliphatic hydroxyl groups excluding tert-OH is 1. The number of carboxylic acids is 1. The summed E-state index contributed by atoms with van der Waals surface area (Å²) in [6.45, 7) is 21.3. The van der Waals surface area contributed by atoms with Crippen molar-refractivity contribution >= 4 is 34.9 Å². The molecule has 7 rings (SSSR count). The van der Waals surface area contributed by atoms with Gasteiger partial charge in [-0.25, -0.2) is 19.8 Å². The number of hydrogen-bond donors (Lipinski definition) is 7. The molecular weight excluding hydrogens is 957 g/mol. The predicted octanol–water partition coefficient (Wildman–Crippen LogP) is 6.55. The highest BCUT2D eigenvalue weighted by atomic mass is 16.5. The Balaban J connectivity index is 0.886. The lowest BCUT2D eigenvalue weighted by molar-refractivity contribution is -0.142. The van der Waals surface area contributed by atoms with Crippen LogP contribution in [0.4, 0.5) is 0 Å². The number of aliphatic hydroxyl groups is 1. The number of allylic oxidation sites excluding steroid dienone is 12. The van der Waals surface area contributed by atoms with Crippen molar-refractivity contribution in [3.63, 3.8) is 0 Å². The number of ether oxygens (including phenoxy) is 5. The first-order valence-electron chi connectivity index (χ1n) is 26.7. The molecule has 0 aromatic heterocycles. The third-order valence-electron chi connectivity index (χ3n) is 14.9. The van der Waals surface area contributed by atoms with E-state index >= 15 is 0 Å². The molecule has 1 aliphatic carbocycles. The summed E-state index contributed by atoms with van der Waals surface area (Å²) in [4.78, 5) is 53.9. The minimum absolute atomic E-state index is 0.0782. The molecule has 0 aromatic rings. The molecule has 1 saturated heterocycles. The number of hydrogen-bond acceptors (Lipinski definition) is 15. The maximum absolute atomic E-state index is 13.7. The van der Waals surface area contributed by atoms with Crippen LogP contribution in [0.2, 0.25) is 0 Å². The molecule has 18 nitrogen and oxygen atoms in total. The number of carbonyl (C=O) groups is 3. The zero-order valence-corrected chi connectivity index (χ0v) is 44.7. The molecule has 0 saturated carbocycles. The van der Waals surface area contributed by atoms with Crippen LogP contribution in [-0.2, 0) is 38.1 Å². The standard InChI is InChI=1S/C57H78N8O10/c1-8-38-34(3)43-29-45-36(5)40(54(64-45)41-28-49(66)53-37(6)46(65-55(41)53)31-48-39(9-2)35(4)44(62-48)30-47(38)61-43)15-16-51(67)63-42(56(69)70)14-10-11-20-60-57(7)17-23-75-50(57)32-74-33-52(68)59-19-13-22-72-25-27-73-26-24-71-21-12-18-58/h8,17,23,29-31,36,40,42,50,60,64,66H,1,9-16,18-22,24-28,32-33,58H2,2-7H3,(H,59,68)(H,63,67)(H,69,70)/t36-,40?,42?,50?,57?/m0/s1. The quantitative estimate of drug-likeness (QED) is 0.0378. The average Bonchev–Trinajstić information content (AvgIpc) is 4.21. The Morgan fingerprint density at radius 3 is 2.36 bits per heavy atom. The van der Waals surface area contributed by atoms with Crippen LogP contribution in [0.15, 0.2) is 131 Å². The van der Waals surface area contributed by atoms with Crippen LogP contribution in [0.25, 0.3) is 0 Å². The highest BCUT2D eigenvalue weighted by Gasteiger charge is 2.42. The summed E-state index contributed by atoms with van der Waals surface area (Å²) >= 11 is 0. The molecule has 2 amide bonds. The lowest BCUT2D eigenvalue weighted by Crippen LogP contribution is -2.51. The number of unbranched alkanes of at least 4 members (excludes halogenated alkanes) is 1. The fourth-order valence-electron chi connectivity index (χ4n) is 10.4. The van der Waals surface area contributed by atoms with E-state index in [1.165, 1.54) is 0 Å². The molecule has 0 spiro atoms. The van der Waals surface area contributed by atoms with Gasteiger partial charge >= 0.3 is 5.97 Å². The molecule has 0 radical (unpaired) electrons. The van der Waals surface area contributed by atoms with Crippen LogP contribution in [0.3, 0.4) is 0 Å². The average molecular weight is 1040 g/mol. The Morgan fingerprint density at radius 1 is 0.920 bits per heavy atom. The Labute approximate surface area is 441 Å². The van der Waals surface area contributed by atoms with Crippen molar-refractivity contribution in [2.24, 2.45) is 32.5 Å². The van der Waals surface area contributed by atoms with Gasteiger partial charge in [0.05, 0.1) is 79.1 Å². The number of nitrogens with one attached hydrogen (secondary N) is 4. The molecule has 8 N–H and O–H groups in total. The lowest BCUT2D eigenvalue weighted by Gasteiger charge is -2.30. The van der Waals surface area contributed by atoms with Gasteiger partial charge in [0.2, 0.25) is 11.8 Å². The molecule has 0 aromatic carbocycles. The predicted molar refractivity (Wildman–Crippen MR) is 290 cm³/mol. The maximum Gasteiger partial charge on any atom is 0.326 e. The first-order chi connectivity index (χ1) is 36.2. The van der Waals surface area contributed by atoms with Gasteiger partial charge in [0, 0.05) is 72.5 Å². The largest absolute Gasteiger partial charge is 0.511 e. The Bertz CT molecular complexity index is 2610. The molecular formula is C57H78N8O10. The number of aliphatic imine (C=N–C) groups is 3. The van der Waals surface area contributed by atoms with Gasteiger partial charge in [-0.15, -0.1) is 0 Å². The van der Waals surface area contributed by atoms with Crippen molar-refractivity contribution in [2.45, 2.75) is 117 Å². The second-order valence-electron chi connectivity index (χ2n) is 20.1. The number of nitrogens with zero attached hydrogens (tertiary/aromatic N) is 3. The van der Waals surface area contributed by atoms with Crippen LogP contribution in [0, 0.1) is 11.8 Å². The highest BCUT2D eigenvalue weighted by Crippen LogP contribution is 2.46. The molecule has 4 unspecified atom stereocenters. The van der Waals surface area contributed by atoms with Crippen LogP contribution in [-0.4, -0.2) is 135 Å². The van der Waals surface area contributed by atoms with E-state index in [9.17, 15) is 24.6 Å². The number of carboxylic acid groups (broad SMARTS) is 1. The SMILES string of the molecule is C=CC1=C(C)C2=NC1=CC1=NC(=CC3=C(C)C4=C(O)CC(=C5NC(=C2)[C@@H](C)C5CCC(=O)NC(CCCCNC2(C)C=COC2COCC(=O)NCCCOCCOCCOCCCN)C(=O)O)C4=N3)C(CC)=C1C. The van der Waals surface area contributed by atoms with E-state index in [0.29, 0.717) is 91.4 Å². The van der Waals surface area contributed by atoms with Gasteiger partial charge in [-0.1, -0.05) is 26.5 Å². The second kappa shape index (κ2) is 26.6. The molecule has 1 fully saturated rings. The smallest absolute Gasteiger partial charge is 0.326 e. The number of rotatable bonds is 30. The molecule has 75 heavy (non-hydrogen) atoms.